The summed E-state index contributed by atoms with van der Waals surface area (Å²) in [7, 11) is 0. The normalized spacial score (nSPS) is 15.7. The van der Waals surface area contributed by atoms with Crippen LogP contribution in [0.25, 0.3) is 0 Å². The summed E-state index contributed by atoms with van der Waals surface area (Å²) in [5, 5.41) is 1.91. The second-order valence-corrected chi connectivity index (χ2v) is 3.05. The lowest BCUT2D eigenvalue weighted by atomic mass is 10.2. The SMILES string of the molecule is C1=NC=C2N=CNN2c2ccccc21.Cl. The zero-order valence-electron chi connectivity index (χ0n) is 7.79. The van der Waals surface area contributed by atoms with E-state index >= 15 is 0 Å². The molecule has 0 amide bonds. The van der Waals surface area contributed by atoms with Gasteiger partial charge in [0.05, 0.1) is 11.9 Å². The summed E-state index contributed by atoms with van der Waals surface area (Å²) in [6.07, 6.45) is 5.22. The van der Waals surface area contributed by atoms with Gasteiger partial charge in [0.25, 0.3) is 0 Å². The van der Waals surface area contributed by atoms with Crippen molar-refractivity contribution in [1.29, 1.82) is 0 Å². The maximum atomic E-state index is 4.17. The van der Waals surface area contributed by atoms with Crippen LogP contribution < -0.4 is 10.4 Å². The van der Waals surface area contributed by atoms with Crippen molar-refractivity contribution in [2.75, 3.05) is 5.01 Å². The Balaban J connectivity index is 0.000000853. The third-order valence-electron chi connectivity index (χ3n) is 2.19. The van der Waals surface area contributed by atoms with E-state index in [1.807, 2.05) is 35.5 Å². The average molecular weight is 221 g/mol. The van der Waals surface area contributed by atoms with Gasteiger partial charge in [0.1, 0.15) is 6.34 Å². The van der Waals surface area contributed by atoms with Crippen LogP contribution in [-0.4, -0.2) is 12.6 Å². The number of rotatable bonds is 0. The fourth-order valence-corrected chi connectivity index (χ4v) is 1.55. The van der Waals surface area contributed by atoms with Crippen molar-refractivity contribution in [3.8, 4) is 0 Å². The Labute approximate surface area is 93.4 Å². The van der Waals surface area contributed by atoms with Crippen LogP contribution in [-0.2, 0) is 0 Å². The van der Waals surface area contributed by atoms with Gasteiger partial charge in [-0.2, -0.15) is 0 Å². The minimum absolute atomic E-state index is 0. The topological polar surface area (TPSA) is 40.0 Å². The van der Waals surface area contributed by atoms with Gasteiger partial charge in [0.15, 0.2) is 5.82 Å². The maximum absolute atomic E-state index is 4.17. The molecule has 3 rings (SSSR count). The van der Waals surface area contributed by atoms with E-state index in [-0.39, 0.29) is 12.4 Å². The zero-order chi connectivity index (χ0) is 9.38. The Kier molecular flexibility index (Phi) is 2.43. The Hall–Kier alpha value is -1.81. The van der Waals surface area contributed by atoms with Gasteiger partial charge < -0.3 is 0 Å². The number of halogens is 1. The van der Waals surface area contributed by atoms with Crippen LogP contribution in [0.15, 0.2) is 46.3 Å². The van der Waals surface area contributed by atoms with Gasteiger partial charge in [-0.25, -0.2) is 10.0 Å². The lowest BCUT2D eigenvalue weighted by molar-refractivity contribution is 0.925. The molecule has 1 aromatic rings. The Bertz CT molecular complexity index is 464. The van der Waals surface area contributed by atoms with E-state index in [2.05, 4.69) is 15.4 Å². The van der Waals surface area contributed by atoms with Crippen LogP contribution in [0.5, 0.6) is 0 Å². The van der Waals surface area contributed by atoms with Gasteiger partial charge >= 0.3 is 0 Å². The largest absolute Gasteiger partial charge is 0.282 e. The van der Waals surface area contributed by atoms with Gasteiger partial charge in [-0.1, -0.05) is 18.2 Å². The summed E-state index contributed by atoms with van der Waals surface area (Å²) in [5.74, 6) is 0.811. The van der Waals surface area contributed by atoms with Crippen molar-refractivity contribution in [2.24, 2.45) is 9.98 Å². The first-order chi connectivity index (χ1) is 6.95. The number of para-hydroxylation sites is 1. The van der Waals surface area contributed by atoms with Crippen molar-refractivity contribution in [2.45, 2.75) is 0 Å². The number of hydrogen-bond acceptors (Lipinski definition) is 4. The highest BCUT2D eigenvalue weighted by Gasteiger charge is 2.18. The first-order valence-corrected chi connectivity index (χ1v) is 4.36. The molecular weight excluding hydrogens is 212 g/mol. The number of anilines is 1. The molecule has 4 nitrogen and oxygen atoms in total. The van der Waals surface area contributed by atoms with Crippen molar-refractivity contribution in [3.63, 3.8) is 0 Å². The van der Waals surface area contributed by atoms with E-state index in [0.29, 0.717) is 0 Å². The second-order valence-electron chi connectivity index (χ2n) is 3.05. The van der Waals surface area contributed by atoms with E-state index in [9.17, 15) is 0 Å². The zero-order valence-corrected chi connectivity index (χ0v) is 8.61. The smallest absolute Gasteiger partial charge is 0.172 e. The third-order valence-corrected chi connectivity index (χ3v) is 2.19. The number of hydrazine groups is 1. The highest BCUT2D eigenvalue weighted by molar-refractivity contribution is 5.91. The number of nitrogens with one attached hydrogen (secondary N) is 1. The van der Waals surface area contributed by atoms with Crippen molar-refractivity contribution in [1.82, 2.24) is 5.43 Å². The average Bonchev–Trinajstić information content (AvgIpc) is 2.61. The van der Waals surface area contributed by atoms with Gasteiger partial charge in [-0.3, -0.25) is 10.4 Å². The lowest BCUT2D eigenvalue weighted by Gasteiger charge is -2.18. The predicted molar refractivity (Wildman–Crippen MR) is 63.5 cm³/mol. The monoisotopic (exact) mass is 220 g/mol. The Morgan fingerprint density at radius 1 is 1.20 bits per heavy atom. The van der Waals surface area contributed by atoms with Crippen LogP contribution in [0.4, 0.5) is 5.69 Å². The molecule has 15 heavy (non-hydrogen) atoms. The minimum atomic E-state index is 0. The molecule has 2 aliphatic rings. The van der Waals surface area contributed by atoms with Crippen LogP contribution in [0.3, 0.4) is 0 Å². The van der Waals surface area contributed by atoms with Crippen LogP contribution in [0, 0.1) is 0 Å². The van der Waals surface area contributed by atoms with Crippen molar-refractivity contribution in [3.05, 3.63) is 41.8 Å². The third kappa shape index (κ3) is 1.49. The molecule has 0 atom stereocenters. The first-order valence-electron chi connectivity index (χ1n) is 4.36. The number of nitrogens with zero attached hydrogens (tertiary/aromatic N) is 3. The van der Waals surface area contributed by atoms with Crippen molar-refractivity contribution < 1.29 is 0 Å². The molecule has 0 spiro atoms. The Morgan fingerprint density at radius 2 is 2.07 bits per heavy atom. The van der Waals surface area contributed by atoms with Crippen molar-refractivity contribution >= 4 is 30.6 Å². The standard InChI is InChI=1S/C10H8N4.ClH/c1-2-4-9-8(3-1)5-11-6-10-12-7-13-14(9)10;/h1-7H,(H,12,13);1H. The summed E-state index contributed by atoms with van der Waals surface area (Å²) in [6, 6.07) is 8.04. The molecule has 0 unspecified atom stereocenters. The molecule has 0 saturated heterocycles. The first kappa shape index (κ1) is 9.73. The summed E-state index contributed by atoms with van der Waals surface area (Å²) in [5.41, 5.74) is 5.20. The molecule has 1 N–H and O–H groups in total. The molecule has 0 aliphatic carbocycles. The fourth-order valence-electron chi connectivity index (χ4n) is 1.55. The Morgan fingerprint density at radius 3 is 3.00 bits per heavy atom. The van der Waals surface area contributed by atoms with Crippen LogP contribution >= 0.6 is 12.4 Å². The quantitative estimate of drug-likeness (QED) is 0.723. The highest BCUT2D eigenvalue weighted by Crippen LogP contribution is 2.25. The minimum Gasteiger partial charge on any atom is -0.282 e. The number of benzene rings is 1. The van der Waals surface area contributed by atoms with Gasteiger partial charge in [-0.05, 0) is 6.07 Å². The van der Waals surface area contributed by atoms with Gasteiger partial charge in [0, 0.05) is 11.8 Å². The van der Waals surface area contributed by atoms with Gasteiger partial charge in [-0.15, -0.1) is 12.4 Å². The van der Waals surface area contributed by atoms with Gasteiger partial charge in [0.2, 0.25) is 0 Å². The summed E-state index contributed by atoms with van der Waals surface area (Å²) >= 11 is 0. The molecule has 1 aromatic carbocycles. The lowest BCUT2D eigenvalue weighted by Crippen LogP contribution is -2.30. The number of fused-ring (bicyclic) bond motifs is 3. The molecule has 0 aromatic heterocycles. The predicted octanol–water partition coefficient (Wildman–Crippen LogP) is 1.69. The molecule has 0 bridgehead atoms. The molecule has 76 valence electrons. The summed E-state index contributed by atoms with van der Waals surface area (Å²) < 4.78 is 0. The molecule has 5 heteroatoms. The molecule has 0 saturated carbocycles. The molecule has 0 radical (unpaired) electrons. The summed E-state index contributed by atoms with van der Waals surface area (Å²) in [4.78, 5) is 8.33. The van der Waals surface area contributed by atoms with E-state index in [1.165, 1.54) is 0 Å². The van der Waals surface area contributed by atoms with E-state index in [1.54, 1.807) is 12.5 Å². The fraction of sp³-hybridized carbons (Fsp3) is 0. The van der Waals surface area contributed by atoms with E-state index in [0.717, 1.165) is 17.1 Å². The van der Waals surface area contributed by atoms with Crippen LogP contribution in [0.2, 0.25) is 0 Å². The number of hydrogen-bond donors (Lipinski definition) is 1. The second kappa shape index (κ2) is 3.74. The molecular formula is C10H9ClN4. The maximum Gasteiger partial charge on any atom is 0.172 e. The van der Waals surface area contributed by atoms with E-state index in [4.69, 9.17) is 0 Å². The molecule has 2 aliphatic heterocycles. The van der Waals surface area contributed by atoms with Crippen LogP contribution in [0.1, 0.15) is 5.56 Å². The molecule has 0 fully saturated rings. The highest BCUT2D eigenvalue weighted by atomic mass is 35.5. The molecule has 2 heterocycles. The summed E-state index contributed by atoms with van der Waals surface area (Å²) in [6.45, 7) is 0. The van der Waals surface area contributed by atoms with E-state index < -0.39 is 0 Å². The number of aliphatic imine (C=N–C) groups is 2.